The van der Waals surface area contributed by atoms with E-state index < -0.39 is 0 Å². The molecule has 2 saturated carbocycles. The second kappa shape index (κ2) is 2.34. The Labute approximate surface area is 74.5 Å². The minimum absolute atomic E-state index is 0.350. The molecular formula is C11H18O. The molecule has 0 N–H and O–H groups in total. The van der Waals surface area contributed by atoms with Gasteiger partial charge in [0.15, 0.2) is 0 Å². The average molecular weight is 166 g/mol. The van der Waals surface area contributed by atoms with E-state index in [-0.39, 0.29) is 0 Å². The third-order valence-corrected chi connectivity index (χ3v) is 4.46. The molecule has 0 heterocycles. The Hall–Kier alpha value is -0.330. The molecule has 2 aliphatic carbocycles. The van der Waals surface area contributed by atoms with Crippen molar-refractivity contribution < 1.29 is 4.79 Å². The third-order valence-electron chi connectivity index (χ3n) is 4.46. The van der Waals surface area contributed by atoms with Gasteiger partial charge in [0.25, 0.3) is 0 Å². The van der Waals surface area contributed by atoms with Crippen LogP contribution in [0.15, 0.2) is 0 Å². The van der Waals surface area contributed by atoms with Crippen LogP contribution in [0.3, 0.4) is 0 Å². The summed E-state index contributed by atoms with van der Waals surface area (Å²) in [6, 6.07) is 0. The predicted octanol–water partition coefficient (Wildman–Crippen LogP) is 2.94. The topological polar surface area (TPSA) is 17.1 Å². The quantitative estimate of drug-likeness (QED) is 0.540. The highest BCUT2D eigenvalue weighted by Crippen LogP contribution is 2.59. The molecule has 68 valence electrons. The van der Waals surface area contributed by atoms with Crippen molar-refractivity contribution in [1.82, 2.24) is 0 Å². The van der Waals surface area contributed by atoms with Crippen LogP contribution >= 0.6 is 0 Å². The molecule has 2 atom stereocenters. The summed E-state index contributed by atoms with van der Waals surface area (Å²) < 4.78 is 0. The molecule has 0 aromatic rings. The van der Waals surface area contributed by atoms with Crippen LogP contribution in [-0.2, 0) is 4.79 Å². The lowest BCUT2D eigenvalue weighted by Crippen LogP contribution is -2.39. The molecule has 0 radical (unpaired) electrons. The maximum atomic E-state index is 11.4. The molecule has 12 heavy (non-hydrogen) atoms. The van der Waals surface area contributed by atoms with E-state index in [0.717, 1.165) is 19.3 Å². The highest BCUT2D eigenvalue weighted by Gasteiger charge is 2.51. The van der Waals surface area contributed by atoms with Crippen LogP contribution in [-0.4, -0.2) is 5.78 Å². The van der Waals surface area contributed by atoms with Crippen molar-refractivity contribution in [2.45, 2.75) is 52.4 Å². The zero-order valence-electron chi connectivity index (χ0n) is 8.15. The Balaban J connectivity index is 2.28. The standard InChI is InChI=1S/C11H18O/c1-10-5-3-6-11(10,2)8-9(12)4-7-10/h3-8H2,1-2H3/t10-,11+/m0/s1. The Morgan fingerprint density at radius 2 is 1.75 bits per heavy atom. The summed E-state index contributed by atoms with van der Waals surface area (Å²) in [5.41, 5.74) is 0.837. The molecule has 1 heteroatoms. The van der Waals surface area contributed by atoms with E-state index in [1.54, 1.807) is 0 Å². The van der Waals surface area contributed by atoms with Crippen molar-refractivity contribution in [3.63, 3.8) is 0 Å². The summed E-state index contributed by atoms with van der Waals surface area (Å²) in [5.74, 6) is 0.497. The minimum atomic E-state index is 0.350. The molecule has 0 amide bonds. The van der Waals surface area contributed by atoms with Gasteiger partial charge < -0.3 is 0 Å². The SMILES string of the molecule is C[C@@]12CCC[C@]1(C)CC(=O)CC2. The number of hydrogen-bond acceptors (Lipinski definition) is 1. The summed E-state index contributed by atoms with van der Waals surface area (Å²) in [5, 5.41) is 0. The van der Waals surface area contributed by atoms with Gasteiger partial charge in [0.1, 0.15) is 5.78 Å². The lowest BCUT2D eigenvalue weighted by Gasteiger charge is -2.44. The highest BCUT2D eigenvalue weighted by molar-refractivity contribution is 5.80. The van der Waals surface area contributed by atoms with Crippen molar-refractivity contribution in [2.75, 3.05) is 0 Å². The van der Waals surface area contributed by atoms with E-state index in [2.05, 4.69) is 13.8 Å². The molecule has 0 aromatic carbocycles. The molecule has 0 unspecified atom stereocenters. The lowest BCUT2D eigenvalue weighted by molar-refractivity contribution is -0.127. The second-order valence-corrected chi connectivity index (χ2v) is 5.19. The second-order valence-electron chi connectivity index (χ2n) is 5.19. The summed E-state index contributed by atoms with van der Waals surface area (Å²) in [4.78, 5) is 11.4. The zero-order chi connectivity index (χ0) is 8.82. The smallest absolute Gasteiger partial charge is 0.133 e. The lowest BCUT2D eigenvalue weighted by atomic mass is 9.59. The molecule has 0 spiro atoms. The van der Waals surface area contributed by atoms with Crippen molar-refractivity contribution in [2.24, 2.45) is 10.8 Å². The van der Waals surface area contributed by atoms with Crippen molar-refractivity contribution >= 4 is 5.78 Å². The molecule has 0 aromatic heterocycles. The number of carbonyl (C=O) groups excluding carboxylic acids is 1. The fourth-order valence-electron chi connectivity index (χ4n) is 3.14. The van der Waals surface area contributed by atoms with Crippen LogP contribution in [0, 0.1) is 10.8 Å². The van der Waals surface area contributed by atoms with Gasteiger partial charge >= 0.3 is 0 Å². The molecule has 0 bridgehead atoms. The first-order valence-corrected chi connectivity index (χ1v) is 5.08. The van der Waals surface area contributed by atoms with Gasteiger partial charge in [-0.05, 0) is 30.1 Å². The van der Waals surface area contributed by atoms with Crippen molar-refractivity contribution in [3.8, 4) is 0 Å². The monoisotopic (exact) mass is 166 g/mol. The zero-order valence-corrected chi connectivity index (χ0v) is 8.15. The van der Waals surface area contributed by atoms with Crippen LogP contribution in [0.25, 0.3) is 0 Å². The van der Waals surface area contributed by atoms with Gasteiger partial charge in [-0.3, -0.25) is 4.79 Å². The number of Topliss-reactive ketones (excluding diaryl/α,β-unsaturated/α-hetero) is 1. The van der Waals surface area contributed by atoms with Gasteiger partial charge in [0, 0.05) is 12.8 Å². The van der Waals surface area contributed by atoms with Crippen LogP contribution < -0.4 is 0 Å². The number of hydrogen-bond donors (Lipinski definition) is 0. The maximum absolute atomic E-state index is 11.4. The van der Waals surface area contributed by atoms with Gasteiger partial charge in [-0.25, -0.2) is 0 Å². The predicted molar refractivity (Wildman–Crippen MR) is 48.9 cm³/mol. The Morgan fingerprint density at radius 3 is 2.50 bits per heavy atom. The van der Waals surface area contributed by atoms with E-state index >= 15 is 0 Å². The summed E-state index contributed by atoms with van der Waals surface area (Å²) in [7, 11) is 0. The Kier molecular flexibility index (Phi) is 1.61. The fraction of sp³-hybridized carbons (Fsp3) is 0.909. The third kappa shape index (κ3) is 0.949. The van der Waals surface area contributed by atoms with E-state index in [4.69, 9.17) is 0 Å². The number of ketones is 1. The molecule has 2 fully saturated rings. The van der Waals surface area contributed by atoms with Gasteiger partial charge in [-0.15, -0.1) is 0 Å². The van der Waals surface area contributed by atoms with Gasteiger partial charge in [-0.1, -0.05) is 20.3 Å². The van der Waals surface area contributed by atoms with Crippen LogP contribution in [0.5, 0.6) is 0 Å². The van der Waals surface area contributed by atoms with Gasteiger partial charge in [0.2, 0.25) is 0 Å². The van der Waals surface area contributed by atoms with Gasteiger partial charge in [-0.2, -0.15) is 0 Å². The summed E-state index contributed by atoms with van der Waals surface area (Å²) in [6.07, 6.45) is 6.78. The number of rotatable bonds is 0. The normalized spacial score (nSPS) is 47.7. The molecule has 0 aliphatic heterocycles. The average Bonchev–Trinajstić information content (AvgIpc) is 2.26. The number of carbonyl (C=O) groups is 1. The minimum Gasteiger partial charge on any atom is -0.300 e. The first kappa shape index (κ1) is 8.28. The van der Waals surface area contributed by atoms with Crippen molar-refractivity contribution in [1.29, 1.82) is 0 Å². The fourth-order valence-corrected chi connectivity index (χ4v) is 3.14. The van der Waals surface area contributed by atoms with Crippen LogP contribution in [0.4, 0.5) is 0 Å². The first-order valence-electron chi connectivity index (χ1n) is 5.08. The summed E-state index contributed by atoms with van der Waals surface area (Å²) >= 11 is 0. The molecule has 2 rings (SSSR count). The molecule has 2 aliphatic rings. The van der Waals surface area contributed by atoms with Crippen molar-refractivity contribution in [3.05, 3.63) is 0 Å². The largest absolute Gasteiger partial charge is 0.300 e. The van der Waals surface area contributed by atoms with E-state index in [9.17, 15) is 4.79 Å². The Bertz CT molecular complexity index is 221. The summed E-state index contributed by atoms with van der Waals surface area (Å²) in [6.45, 7) is 4.70. The van der Waals surface area contributed by atoms with E-state index in [0.29, 0.717) is 16.6 Å². The van der Waals surface area contributed by atoms with E-state index in [1.807, 2.05) is 0 Å². The molecule has 1 nitrogen and oxygen atoms in total. The van der Waals surface area contributed by atoms with Gasteiger partial charge in [0.05, 0.1) is 0 Å². The first-order chi connectivity index (χ1) is 5.56. The maximum Gasteiger partial charge on any atom is 0.133 e. The molecular weight excluding hydrogens is 148 g/mol. The highest BCUT2D eigenvalue weighted by atomic mass is 16.1. The molecule has 0 saturated heterocycles. The Morgan fingerprint density at radius 1 is 1.08 bits per heavy atom. The number of fused-ring (bicyclic) bond motifs is 1. The van der Waals surface area contributed by atoms with Crippen LogP contribution in [0.1, 0.15) is 52.4 Å². The van der Waals surface area contributed by atoms with Crippen LogP contribution in [0.2, 0.25) is 0 Å². The van der Waals surface area contributed by atoms with E-state index in [1.165, 1.54) is 19.3 Å².